The Bertz CT molecular complexity index is 138. The Morgan fingerprint density at radius 2 is 2.17 bits per heavy atom. The number of hydrogen-bond donors (Lipinski definition) is 0. The van der Waals surface area contributed by atoms with Crippen molar-refractivity contribution in [2.24, 2.45) is 5.92 Å². The van der Waals surface area contributed by atoms with E-state index in [2.05, 4.69) is 6.58 Å². The normalized spacial score (nSPS) is 12.5. The van der Waals surface area contributed by atoms with Crippen LogP contribution in [-0.4, -0.2) is 5.78 Å². The van der Waals surface area contributed by atoms with Gasteiger partial charge in [-0.25, -0.2) is 0 Å². The van der Waals surface area contributed by atoms with E-state index >= 15 is 0 Å². The average Bonchev–Trinajstić information content (AvgIpc) is 2.10. The van der Waals surface area contributed by atoms with Crippen molar-refractivity contribution in [3.8, 4) is 0 Å². The first-order valence-corrected chi connectivity index (χ1v) is 4.86. The Kier molecular flexibility index (Phi) is 6.73. The lowest BCUT2D eigenvalue weighted by Gasteiger charge is -2.07. The number of ketones is 1. The lowest BCUT2D eigenvalue weighted by atomic mass is 9.97. The average molecular weight is 168 g/mol. The van der Waals surface area contributed by atoms with E-state index in [4.69, 9.17) is 0 Å². The van der Waals surface area contributed by atoms with Gasteiger partial charge in [-0.05, 0) is 19.3 Å². The van der Waals surface area contributed by atoms with Gasteiger partial charge in [0.25, 0.3) is 0 Å². The molecule has 1 atom stereocenters. The maximum atomic E-state index is 11.2. The Morgan fingerprint density at radius 1 is 1.50 bits per heavy atom. The smallest absolute Gasteiger partial charge is 0.135 e. The van der Waals surface area contributed by atoms with Crippen molar-refractivity contribution < 1.29 is 4.79 Å². The second kappa shape index (κ2) is 7.08. The summed E-state index contributed by atoms with van der Waals surface area (Å²) in [6, 6.07) is 0. The zero-order chi connectivity index (χ0) is 9.40. The number of hydrogen-bond acceptors (Lipinski definition) is 1. The van der Waals surface area contributed by atoms with Crippen molar-refractivity contribution in [3.05, 3.63) is 12.7 Å². The van der Waals surface area contributed by atoms with Gasteiger partial charge in [0.05, 0.1) is 0 Å². The summed E-state index contributed by atoms with van der Waals surface area (Å²) in [7, 11) is 0. The lowest BCUT2D eigenvalue weighted by Crippen LogP contribution is -2.08. The summed E-state index contributed by atoms with van der Waals surface area (Å²) in [5.41, 5.74) is 0. The van der Waals surface area contributed by atoms with Crippen LogP contribution >= 0.6 is 0 Å². The molecule has 1 heteroatoms. The minimum Gasteiger partial charge on any atom is -0.299 e. The number of unbranched alkanes of at least 4 members (excludes halogenated alkanes) is 2. The third-order valence-electron chi connectivity index (χ3n) is 2.19. The van der Waals surface area contributed by atoms with Crippen LogP contribution in [0.5, 0.6) is 0 Å². The molecule has 0 aliphatic heterocycles. The first-order chi connectivity index (χ1) is 5.72. The van der Waals surface area contributed by atoms with Gasteiger partial charge in [-0.3, -0.25) is 4.79 Å². The van der Waals surface area contributed by atoms with E-state index < -0.39 is 0 Å². The molecule has 1 unspecified atom stereocenters. The molecule has 0 aromatic rings. The fourth-order valence-electron chi connectivity index (χ4n) is 1.25. The lowest BCUT2D eigenvalue weighted by molar-refractivity contribution is -0.122. The third-order valence-corrected chi connectivity index (χ3v) is 2.19. The highest BCUT2D eigenvalue weighted by molar-refractivity contribution is 5.80. The van der Waals surface area contributed by atoms with Gasteiger partial charge >= 0.3 is 0 Å². The standard InChI is InChI=1S/C11H20O/c1-4-6-7-8-9-10(3)11(12)5-2/h4,10H,1,5-9H2,2-3H3. The Hall–Kier alpha value is -0.590. The summed E-state index contributed by atoms with van der Waals surface area (Å²) in [6.07, 6.45) is 7.06. The highest BCUT2D eigenvalue weighted by Gasteiger charge is 2.08. The molecule has 0 aromatic carbocycles. The van der Waals surface area contributed by atoms with Gasteiger partial charge in [0.15, 0.2) is 0 Å². The second-order valence-corrected chi connectivity index (χ2v) is 3.29. The fourth-order valence-corrected chi connectivity index (χ4v) is 1.25. The van der Waals surface area contributed by atoms with E-state index in [-0.39, 0.29) is 5.92 Å². The van der Waals surface area contributed by atoms with Crippen LogP contribution in [0.1, 0.15) is 46.0 Å². The first-order valence-electron chi connectivity index (χ1n) is 4.86. The van der Waals surface area contributed by atoms with Crippen LogP contribution in [0.15, 0.2) is 12.7 Å². The molecule has 1 nitrogen and oxygen atoms in total. The minimum absolute atomic E-state index is 0.264. The number of rotatable bonds is 7. The van der Waals surface area contributed by atoms with Crippen LogP contribution in [0, 0.1) is 5.92 Å². The number of carbonyl (C=O) groups excluding carboxylic acids is 1. The predicted molar refractivity (Wildman–Crippen MR) is 53.1 cm³/mol. The van der Waals surface area contributed by atoms with Crippen LogP contribution in [0.25, 0.3) is 0 Å². The molecule has 0 amide bonds. The Balaban J connectivity index is 3.36. The van der Waals surface area contributed by atoms with E-state index in [0.29, 0.717) is 12.2 Å². The molecule has 0 saturated carbocycles. The predicted octanol–water partition coefficient (Wildman–Crippen LogP) is 3.35. The summed E-state index contributed by atoms with van der Waals surface area (Å²) in [4.78, 5) is 11.2. The van der Waals surface area contributed by atoms with Gasteiger partial charge in [0, 0.05) is 12.3 Å². The zero-order valence-electron chi connectivity index (χ0n) is 8.31. The molecular weight excluding hydrogens is 148 g/mol. The van der Waals surface area contributed by atoms with Crippen LogP contribution in [0.3, 0.4) is 0 Å². The molecule has 0 N–H and O–H groups in total. The van der Waals surface area contributed by atoms with Crippen molar-refractivity contribution in [1.29, 1.82) is 0 Å². The first kappa shape index (κ1) is 11.4. The Labute approximate surface area is 75.9 Å². The molecule has 0 bridgehead atoms. The molecule has 0 spiro atoms. The SMILES string of the molecule is C=CCCCCC(C)C(=O)CC. The highest BCUT2D eigenvalue weighted by Crippen LogP contribution is 2.11. The van der Waals surface area contributed by atoms with Crippen molar-refractivity contribution in [2.45, 2.75) is 46.0 Å². The number of allylic oxidation sites excluding steroid dienone is 1. The second-order valence-electron chi connectivity index (χ2n) is 3.29. The quantitative estimate of drug-likeness (QED) is 0.421. The number of carbonyl (C=O) groups is 1. The third kappa shape index (κ3) is 5.11. The summed E-state index contributed by atoms with van der Waals surface area (Å²) in [6.45, 7) is 7.62. The van der Waals surface area contributed by atoms with Crippen molar-refractivity contribution in [3.63, 3.8) is 0 Å². The summed E-state index contributed by atoms with van der Waals surface area (Å²) >= 11 is 0. The maximum absolute atomic E-state index is 11.2. The molecule has 0 saturated heterocycles. The van der Waals surface area contributed by atoms with Gasteiger partial charge in [-0.2, -0.15) is 0 Å². The molecule has 0 aliphatic carbocycles. The van der Waals surface area contributed by atoms with Gasteiger partial charge in [0.2, 0.25) is 0 Å². The molecule has 70 valence electrons. The molecule has 0 heterocycles. The van der Waals surface area contributed by atoms with E-state index in [0.717, 1.165) is 19.3 Å². The zero-order valence-corrected chi connectivity index (χ0v) is 8.31. The topological polar surface area (TPSA) is 17.1 Å². The maximum Gasteiger partial charge on any atom is 0.135 e. The van der Waals surface area contributed by atoms with E-state index in [1.54, 1.807) is 0 Å². The summed E-state index contributed by atoms with van der Waals surface area (Å²) < 4.78 is 0. The van der Waals surface area contributed by atoms with Gasteiger partial charge in [0.1, 0.15) is 5.78 Å². The van der Waals surface area contributed by atoms with Crippen LogP contribution in [0.2, 0.25) is 0 Å². The minimum atomic E-state index is 0.264. The molecule has 0 aromatic heterocycles. The van der Waals surface area contributed by atoms with E-state index in [1.165, 1.54) is 6.42 Å². The molecule has 12 heavy (non-hydrogen) atoms. The summed E-state index contributed by atoms with van der Waals surface area (Å²) in [5, 5.41) is 0. The van der Waals surface area contributed by atoms with Crippen LogP contribution in [-0.2, 0) is 4.79 Å². The van der Waals surface area contributed by atoms with Crippen molar-refractivity contribution in [1.82, 2.24) is 0 Å². The van der Waals surface area contributed by atoms with E-state index in [9.17, 15) is 4.79 Å². The van der Waals surface area contributed by atoms with Crippen LogP contribution < -0.4 is 0 Å². The van der Waals surface area contributed by atoms with Crippen molar-refractivity contribution >= 4 is 5.78 Å². The largest absolute Gasteiger partial charge is 0.299 e. The Morgan fingerprint density at radius 3 is 2.67 bits per heavy atom. The summed E-state index contributed by atoms with van der Waals surface area (Å²) in [5.74, 6) is 0.661. The number of Topliss-reactive ketones (excluding diaryl/α,β-unsaturated/α-hetero) is 1. The molecule has 0 aliphatic rings. The molecule has 0 radical (unpaired) electrons. The molecular formula is C11H20O. The van der Waals surface area contributed by atoms with Gasteiger partial charge in [-0.1, -0.05) is 26.3 Å². The fraction of sp³-hybridized carbons (Fsp3) is 0.727. The van der Waals surface area contributed by atoms with E-state index in [1.807, 2.05) is 19.9 Å². The monoisotopic (exact) mass is 168 g/mol. The molecule has 0 rings (SSSR count). The van der Waals surface area contributed by atoms with Gasteiger partial charge < -0.3 is 0 Å². The highest BCUT2D eigenvalue weighted by atomic mass is 16.1. The van der Waals surface area contributed by atoms with Crippen molar-refractivity contribution in [2.75, 3.05) is 0 Å². The molecule has 0 fully saturated rings. The van der Waals surface area contributed by atoms with Gasteiger partial charge in [-0.15, -0.1) is 6.58 Å². The van der Waals surface area contributed by atoms with Crippen LogP contribution in [0.4, 0.5) is 0 Å².